The number of nitrogens with one attached hydrogen (secondary N) is 1. The smallest absolute Gasteiger partial charge is 0.321 e. The second kappa shape index (κ2) is 7.15. The molecular formula is C18H22N2O3. The first-order valence-electron chi connectivity index (χ1n) is 7.41. The number of anilines is 1. The summed E-state index contributed by atoms with van der Waals surface area (Å²) in [7, 11) is 1.63. The molecule has 122 valence electrons. The van der Waals surface area contributed by atoms with Gasteiger partial charge in [0.2, 0.25) is 0 Å². The lowest BCUT2D eigenvalue weighted by atomic mass is 10.1. The van der Waals surface area contributed by atoms with Crippen LogP contribution in [0, 0.1) is 0 Å². The summed E-state index contributed by atoms with van der Waals surface area (Å²) in [6.07, 6.45) is 0. The molecule has 5 nitrogen and oxygen atoms in total. The molecule has 5 heteroatoms. The normalized spacial score (nSPS) is 11.0. The van der Waals surface area contributed by atoms with E-state index < -0.39 is 5.60 Å². The van der Waals surface area contributed by atoms with Crippen molar-refractivity contribution in [1.29, 1.82) is 0 Å². The highest BCUT2D eigenvalue weighted by Crippen LogP contribution is 2.29. The van der Waals surface area contributed by atoms with E-state index in [4.69, 9.17) is 4.74 Å². The van der Waals surface area contributed by atoms with Gasteiger partial charge in [-0.05, 0) is 38.1 Å². The van der Waals surface area contributed by atoms with Gasteiger partial charge in [-0.3, -0.25) is 0 Å². The lowest BCUT2D eigenvalue weighted by Crippen LogP contribution is -2.41. The summed E-state index contributed by atoms with van der Waals surface area (Å²) in [6, 6.07) is 16.3. The van der Waals surface area contributed by atoms with Crippen molar-refractivity contribution in [2.75, 3.05) is 18.9 Å². The zero-order chi connectivity index (χ0) is 16.9. The number of nitrogens with zero attached hydrogens (tertiary/aromatic N) is 1. The zero-order valence-corrected chi connectivity index (χ0v) is 13.6. The van der Waals surface area contributed by atoms with E-state index in [1.807, 2.05) is 42.5 Å². The molecular weight excluding hydrogens is 292 g/mol. The van der Waals surface area contributed by atoms with Gasteiger partial charge in [-0.2, -0.15) is 0 Å². The number of likely N-dealkylation sites (N-methyl/N-ethyl adjacent to an activating group) is 1. The van der Waals surface area contributed by atoms with Gasteiger partial charge < -0.3 is 20.1 Å². The fourth-order valence-electron chi connectivity index (χ4n) is 2.14. The van der Waals surface area contributed by atoms with Crippen LogP contribution in [-0.4, -0.2) is 35.2 Å². The molecule has 0 unspecified atom stereocenters. The van der Waals surface area contributed by atoms with E-state index in [1.165, 1.54) is 4.90 Å². The Kier molecular flexibility index (Phi) is 5.24. The molecule has 0 radical (unpaired) electrons. The van der Waals surface area contributed by atoms with Gasteiger partial charge in [-0.25, -0.2) is 4.79 Å². The highest BCUT2D eigenvalue weighted by molar-refractivity contribution is 5.90. The fraction of sp³-hybridized carbons (Fsp3) is 0.278. The molecule has 23 heavy (non-hydrogen) atoms. The van der Waals surface area contributed by atoms with Gasteiger partial charge in [0, 0.05) is 7.05 Å². The van der Waals surface area contributed by atoms with Crippen molar-refractivity contribution in [3.8, 4) is 11.5 Å². The SMILES string of the molecule is CN(CC(C)(C)O)C(=O)Nc1ccccc1Oc1ccccc1. The van der Waals surface area contributed by atoms with Crippen LogP contribution in [0.5, 0.6) is 11.5 Å². The number of carbonyl (C=O) groups excluding carboxylic acids is 1. The molecule has 2 amide bonds. The largest absolute Gasteiger partial charge is 0.455 e. The maximum atomic E-state index is 12.2. The molecule has 2 aromatic carbocycles. The molecule has 2 N–H and O–H groups in total. The van der Waals surface area contributed by atoms with Crippen molar-refractivity contribution in [3.05, 3.63) is 54.6 Å². The summed E-state index contributed by atoms with van der Waals surface area (Å²) in [6.45, 7) is 3.53. The van der Waals surface area contributed by atoms with E-state index in [9.17, 15) is 9.90 Å². The lowest BCUT2D eigenvalue weighted by Gasteiger charge is -2.26. The van der Waals surface area contributed by atoms with E-state index in [-0.39, 0.29) is 12.6 Å². The van der Waals surface area contributed by atoms with Crippen molar-refractivity contribution < 1.29 is 14.6 Å². The van der Waals surface area contributed by atoms with Crippen LogP contribution < -0.4 is 10.1 Å². The number of hydrogen-bond acceptors (Lipinski definition) is 3. The Bertz CT molecular complexity index is 651. The third kappa shape index (κ3) is 5.30. The van der Waals surface area contributed by atoms with Crippen LogP contribution in [0.15, 0.2) is 54.6 Å². The topological polar surface area (TPSA) is 61.8 Å². The molecule has 2 rings (SSSR count). The minimum Gasteiger partial charge on any atom is -0.455 e. The van der Waals surface area contributed by atoms with E-state index >= 15 is 0 Å². The fourth-order valence-corrected chi connectivity index (χ4v) is 2.14. The predicted octanol–water partition coefficient (Wildman–Crippen LogP) is 3.71. The molecule has 0 spiro atoms. The first-order chi connectivity index (χ1) is 10.8. The average molecular weight is 314 g/mol. The van der Waals surface area contributed by atoms with Crippen LogP contribution in [0.4, 0.5) is 10.5 Å². The van der Waals surface area contributed by atoms with Gasteiger partial charge in [0.25, 0.3) is 0 Å². The third-order valence-corrected chi connectivity index (χ3v) is 3.07. The Labute approximate surface area is 136 Å². The zero-order valence-electron chi connectivity index (χ0n) is 13.6. The van der Waals surface area contributed by atoms with Crippen LogP contribution in [0.1, 0.15) is 13.8 Å². The van der Waals surface area contributed by atoms with Crippen molar-refractivity contribution in [3.63, 3.8) is 0 Å². The van der Waals surface area contributed by atoms with Gasteiger partial charge in [0.05, 0.1) is 17.8 Å². The summed E-state index contributed by atoms with van der Waals surface area (Å²) < 4.78 is 5.81. The maximum absolute atomic E-state index is 12.2. The van der Waals surface area contributed by atoms with Crippen molar-refractivity contribution >= 4 is 11.7 Å². The second-order valence-electron chi connectivity index (χ2n) is 6.01. The Hall–Kier alpha value is -2.53. The van der Waals surface area contributed by atoms with Crippen molar-refractivity contribution in [2.24, 2.45) is 0 Å². The summed E-state index contributed by atoms with van der Waals surface area (Å²) in [4.78, 5) is 13.7. The monoisotopic (exact) mass is 314 g/mol. The van der Waals surface area contributed by atoms with Crippen LogP contribution >= 0.6 is 0 Å². The molecule has 2 aromatic rings. The van der Waals surface area contributed by atoms with Crippen LogP contribution in [0.25, 0.3) is 0 Å². The highest BCUT2D eigenvalue weighted by atomic mass is 16.5. The molecule has 0 saturated carbocycles. The Morgan fingerprint density at radius 3 is 2.39 bits per heavy atom. The van der Waals surface area contributed by atoms with Gasteiger partial charge in [-0.15, -0.1) is 0 Å². The van der Waals surface area contributed by atoms with Gasteiger partial charge >= 0.3 is 6.03 Å². The number of hydrogen-bond donors (Lipinski definition) is 2. The first-order valence-corrected chi connectivity index (χ1v) is 7.41. The lowest BCUT2D eigenvalue weighted by molar-refractivity contribution is 0.0550. The minimum atomic E-state index is -0.952. The predicted molar refractivity (Wildman–Crippen MR) is 90.9 cm³/mol. The van der Waals surface area contributed by atoms with Crippen LogP contribution in [0.2, 0.25) is 0 Å². The van der Waals surface area contributed by atoms with Crippen LogP contribution in [-0.2, 0) is 0 Å². The first kappa shape index (κ1) is 16.8. The summed E-state index contributed by atoms with van der Waals surface area (Å²) >= 11 is 0. The Balaban J connectivity index is 2.10. The number of amides is 2. The average Bonchev–Trinajstić information content (AvgIpc) is 2.48. The molecule has 0 aromatic heterocycles. The molecule has 0 aliphatic heterocycles. The van der Waals surface area contributed by atoms with E-state index in [2.05, 4.69) is 5.32 Å². The quantitative estimate of drug-likeness (QED) is 0.884. The van der Waals surface area contributed by atoms with Crippen molar-refractivity contribution in [1.82, 2.24) is 4.90 Å². The van der Waals surface area contributed by atoms with E-state index in [1.54, 1.807) is 33.0 Å². The van der Waals surface area contributed by atoms with Gasteiger partial charge in [0.1, 0.15) is 5.75 Å². The number of carbonyl (C=O) groups is 1. The maximum Gasteiger partial charge on any atom is 0.321 e. The number of ether oxygens (including phenoxy) is 1. The molecule has 0 aliphatic rings. The third-order valence-electron chi connectivity index (χ3n) is 3.07. The standard InChI is InChI=1S/C18H22N2O3/c1-18(2,22)13-20(3)17(21)19-15-11-7-8-12-16(15)23-14-9-5-4-6-10-14/h4-12,22H,13H2,1-3H3,(H,19,21). The number of rotatable bonds is 5. The molecule has 0 aliphatic carbocycles. The number of aliphatic hydroxyl groups is 1. The summed E-state index contributed by atoms with van der Waals surface area (Å²) in [5.41, 5.74) is -0.379. The summed E-state index contributed by atoms with van der Waals surface area (Å²) in [5.74, 6) is 1.25. The highest BCUT2D eigenvalue weighted by Gasteiger charge is 2.20. The van der Waals surface area contributed by atoms with E-state index in [0.29, 0.717) is 17.2 Å². The summed E-state index contributed by atoms with van der Waals surface area (Å²) in [5, 5.41) is 12.6. The number of urea groups is 1. The number of para-hydroxylation sites is 3. The molecule has 0 bridgehead atoms. The molecule has 0 heterocycles. The van der Waals surface area contributed by atoms with Gasteiger partial charge in [0.15, 0.2) is 5.75 Å². The van der Waals surface area contributed by atoms with Gasteiger partial charge in [-0.1, -0.05) is 30.3 Å². The molecule has 0 fully saturated rings. The van der Waals surface area contributed by atoms with Crippen molar-refractivity contribution in [2.45, 2.75) is 19.4 Å². The Morgan fingerprint density at radius 1 is 1.13 bits per heavy atom. The Morgan fingerprint density at radius 2 is 1.74 bits per heavy atom. The minimum absolute atomic E-state index is 0.223. The second-order valence-corrected chi connectivity index (χ2v) is 6.01. The van der Waals surface area contributed by atoms with Crippen LogP contribution in [0.3, 0.4) is 0 Å². The number of benzene rings is 2. The molecule has 0 atom stereocenters. The van der Waals surface area contributed by atoms with E-state index in [0.717, 1.165) is 0 Å². The molecule has 0 saturated heterocycles.